The van der Waals surface area contributed by atoms with Crippen LogP contribution in [-0.4, -0.2) is 37.0 Å². The number of hydrogen-bond acceptors (Lipinski definition) is 3. The maximum absolute atomic E-state index is 13.0. The molecule has 20 heavy (non-hydrogen) atoms. The average Bonchev–Trinajstić information content (AvgIpc) is 2.46. The fourth-order valence-electron chi connectivity index (χ4n) is 3.69. The van der Waals surface area contributed by atoms with Crippen molar-refractivity contribution in [1.29, 1.82) is 0 Å². The molecule has 1 N–H and O–H groups in total. The summed E-state index contributed by atoms with van der Waals surface area (Å²) < 4.78 is 18.8. The van der Waals surface area contributed by atoms with E-state index in [0.717, 1.165) is 24.9 Å². The van der Waals surface area contributed by atoms with Crippen molar-refractivity contribution >= 4 is 5.69 Å². The van der Waals surface area contributed by atoms with E-state index in [1.54, 1.807) is 12.1 Å². The molecular weight excluding hydrogens is 257 g/mol. The number of aliphatic hydroxyl groups is 1. The predicted molar refractivity (Wildman–Crippen MR) is 76.3 cm³/mol. The van der Waals surface area contributed by atoms with Gasteiger partial charge < -0.3 is 14.7 Å². The van der Waals surface area contributed by atoms with E-state index in [0.29, 0.717) is 13.2 Å². The number of halogens is 1. The first kappa shape index (κ1) is 13.8. The molecule has 1 aliphatic heterocycles. The van der Waals surface area contributed by atoms with Crippen LogP contribution in [0.15, 0.2) is 24.3 Å². The smallest absolute Gasteiger partial charge is 0.123 e. The highest BCUT2D eigenvalue weighted by atomic mass is 19.1. The minimum Gasteiger partial charge on any atom is -0.387 e. The summed E-state index contributed by atoms with van der Waals surface area (Å²) in [5, 5.41) is 11.1. The van der Waals surface area contributed by atoms with Gasteiger partial charge in [-0.15, -0.1) is 0 Å². The molecule has 0 spiro atoms. The summed E-state index contributed by atoms with van der Waals surface area (Å²) in [6.07, 6.45) is 4.10. The minimum absolute atomic E-state index is 0.0630. The molecule has 1 aromatic carbocycles. The Hall–Kier alpha value is -1.13. The van der Waals surface area contributed by atoms with Gasteiger partial charge in [-0.2, -0.15) is 0 Å². The molecule has 4 heteroatoms. The summed E-state index contributed by atoms with van der Waals surface area (Å²) in [6, 6.07) is 6.36. The average molecular weight is 279 g/mol. The van der Waals surface area contributed by atoms with E-state index in [2.05, 4.69) is 0 Å². The van der Waals surface area contributed by atoms with E-state index in [9.17, 15) is 9.50 Å². The molecule has 2 unspecified atom stereocenters. The molecule has 2 fully saturated rings. The second-order valence-electron chi connectivity index (χ2n) is 6.07. The zero-order chi connectivity index (χ0) is 14.2. The summed E-state index contributed by atoms with van der Waals surface area (Å²) >= 11 is 0. The molecule has 110 valence electrons. The molecule has 3 atom stereocenters. The van der Waals surface area contributed by atoms with Crippen molar-refractivity contribution in [2.75, 3.05) is 25.2 Å². The SMILES string of the molecule is CN(c1ccc(F)cc1)C1COCC2CCCC[C@@]21O. The number of nitrogens with zero attached hydrogens (tertiary/aromatic N) is 1. The van der Waals surface area contributed by atoms with E-state index in [-0.39, 0.29) is 17.8 Å². The van der Waals surface area contributed by atoms with Gasteiger partial charge in [0.2, 0.25) is 0 Å². The van der Waals surface area contributed by atoms with Crippen LogP contribution in [0.1, 0.15) is 25.7 Å². The lowest BCUT2D eigenvalue weighted by Crippen LogP contribution is -2.63. The fourth-order valence-corrected chi connectivity index (χ4v) is 3.69. The van der Waals surface area contributed by atoms with Gasteiger partial charge in [-0.1, -0.05) is 12.8 Å². The molecule has 2 aliphatic rings. The van der Waals surface area contributed by atoms with Gasteiger partial charge in [-0.25, -0.2) is 4.39 Å². The zero-order valence-electron chi connectivity index (χ0n) is 11.9. The zero-order valence-corrected chi connectivity index (χ0v) is 11.9. The van der Waals surface area contributed by atoms with Gasteiger partial charge >= 0.3 is 0 Å². The Morgan fingerprint density at radius 1 is 1.25 bits per heavy atom. The second kappa shape index (κ2) is 5.34. The lowest BCUT2D eigenvalue weighted by atomic mass is 9.70. The summed E-state index contributed by atoms with van der Waals surface area (Å²) in [5.74, 6) is -0.0193. The van der Waals surface area contributed by atoms with Gasteiger partial charge in [0.05, 0.1) is 24.9 Å². The van der Waals surface area contributed by atoms with Crippen LogP contribution >= 0.6 is 0 Å². The molecule has 1 aliphatic carbocycles. The summed E-state index contributed by atoms with van der Waals surface area (Å²) in [7, 11) is 1.95. The van der Waals surface area contributed by atoms with Crippen molar-refractivity contribution in [3.8, 4) is 0 Å². The van der Waals surface area contributed by atoms with Gasteiger partial charge in [0.15, 0.2) is 0 Å². The Labute approximate surface area is 119 Å². The van der Waals surface area contributed by atoms with Gasteiger partial charge in [-0.05, 0) is 37.1 Å². The summed E-state index contributed by atoms with van der Waals surface area (Å²) in [5.41, 5.74) is 0.235. The third-order valence-electron chi connectivity index (χ3n) is 4.96. The minimum atomic E-state index is -0.681. The van der Waals surface area contributed by atoms with E-state index in [4.69, 9.17) is 4.74 Å². The maximum atomic E-state index is 13.0. The van der Waals surface area contributed by atoms with E-state index >= 15 is 0 Å². The standard InChI is InChI=1S/C16H22FNO2/c1-18(14-7-5-13(17)6-8-14)15-11-20-10-12-4-2-3-9-16(12,15)19/h5-8,12,15,19H,2-4,9-11H2,1H3/t12?,15?,16-/m1/s1. The normalized spacial score (nSPS) is 33.5. The molecule has 1 heterocycles. The molecule has 1 saturated heterocycles. The van der Waals surface area contributed by atoms with E-state index in [1.165, 1.54) is 18.6 Å². The third kappa shape index (κ3) is 2.31. The molecule has 3 nitrogen and oxygen atoms in total. The Morgan fingerprint density at radius 2 is 2.00 bits per heavy atom. The Bertz CT molecular complexity index is 462. The first-order valence-corrected chi connectivity index (χ1v) is 7.40. The fraction of sp³-hybridized carbons (Fsp3) is 0.625. The van der Waals surface area contributed by atoms with Crippen LogP contribution in [0.5, 0.6) is 0 Å². The van der Waals surface area contributed by atoms with Gasteiger partial charge in [-0.3, -0.25) is 0 Å². The predicted octanol–water partition coefficient (Wildman–Crippen LogP) is 2.58. The largest absolute Gasteiger partial charge is 0.387 e. The number of fused-ring (bicyclic) bond motifs is 1. The highest BCUT2D eigenvalue weighted by Crippen LogP contribution is 2.41. The summed E-state index contributed by atoms with van der Waals surface area (Å²) in [4.78, 5) is 2.04. The van der Waals surface area contributed by atoms with Crippen LogP contribution in [0.25, 0.3) is 0 Å². The molecule has 0 amide bonds. The number of rotatable bonds is 2. The van der Waals surface area contributed by atoms with Crippen molar-refractivity contribution in [2.45, 2.75) is 37.3 Å². The van der Waals surface area contributed by atoms with Gasteiger partial charge in [0, 0.05) is 18.7 Å². The number of hydrogen-bond donors (Lipinski definition) is 1. The molecule has 1 aromatic rings. The van der Waals surface area contributed by atoms with Crippen LogP contribution < -0.4 is 4.90 Å². The summed E-state index contributed by atoms with van der Waals surface area (Å²) in [6.45, 7) is 1.19. The lowest BCUT2D eigenvalue weighted by molar-refractivity contribution is -0.145. The quantitative estimate of drug-likeness (QED) is 0.903. The Kier molecular flexibility index (Phi) is 3.69. The van der Waals surface area contributed by atoms with Crippen molar-refractivity contribution in [2.24, 2.45) is 5.92 Å². The lowest BCUT2D eigenvalue weighted by Gasteiger charge is -2.51. The molecular formula is C16H22FNO2. The molecule has 3 rings (SSSR count). The van der Waals surface area contributed by atoms with Crippen LogP contribution in [0.4, 0.5) is 10.1 Å². The number of benzene rings is 1. The Balaban J connectivity index is 1.85. The third-order valence-corrected chi connectivity index (χ3v) is 4.96. The molecule has 0 radical (unpaired) electrons. The Morgan fingerprint density at radius 3 is 2.75 bits per heavy atom. The molecule has 1 saturated carbocycles. The van der Waals surface area contributed by atoms with Crippen molar-refractivity contribution in [3.05, 3.63) is 30.1 Å². The van der Waals surface area contributed by atoms with Crippen LogP contribution in [-0.2, 0) is 4.74 Å². The number of ether oxygens (including phenoxy) is 1. The van der Waals surface area contributed by atoms with Gasteiger partial charge in [0.1, 0.15) is 5.82 Å². The van der Waals surface area contributed by atoms with Crippen LogP contribution in [0.3, 0.4) is 0 Å². The maximum Gasteiger partial charge on any atom is 0.123 e. The highest BCUT2D eigenvalue weighted by Gasteiger charge is 2.49. The molecule has 0 bridgehead atoms. The monoisotopic (exact) mass is 279 g/mol. The number of anilines is 1. The van der Waals surface area contributed by atoms with Crippen molar-refractivity contribution < 1.29 is 14.2 Å². The topological polar surface area (TPSA) is 32.7 Å². The van der Waals surface area contributed by atoms with Crippen molar-refractivity contribution in [3.63, 3.8) is 0 Å². The van der Waals surface area contributed by atoms with Gasteiger partial charge in [0.25, 0.3) is 0 Å². The first-order valence-electron chi connectivity index (χ1n) is 7.40. The van der Waals surface area contributed by atoms with Crippen molar-refractivity contribution in [1.82, 2.24) is 0 Å². The molecule has 0 aromatic heterocycles. The first-order chi connectivity index (χ1) is 9.61. The second-order valence-corrected chi connectivity index (χ2v) is 6.07. The van der Waals surface area contributed by atoms with E-state index in [1.807, 2.05) is 11.9 Å². The van der Waals surface area contributed by atoms with E-state index < -0.39 is 5.60 Å². The van der Waals surface area contributed by atoms with Crippen LogP contribution in [0.2, 0.25) is 0 Å². The highest BCUT2D eigenvalue weighted by molar-refractivity contribution is 5.47. The number of likely N-dealkylation sites (N-methyl/N-ethyl adjacent to an activating group) is 1. The van der Waals surface area contributed by atoms with Crippen LogP contribution in [0, 0.1) is 11.7 Å².